The van der Waals surface area contributed by atoms with Crippen LogP contribution in [0.1, 0.15) is 18.4 Å². The van der Waals surface area contributed by atoms with E-state index in [1.807, 2.05) is 65.6 Å². The van der Waals surface area contributed by atoms with Crippen molar-refractivity contribution in [2.45, 2.75) is 25.4 Å². The number of hydrogen-bond acceptors (Lipinski definition) is 4. The van der Waals surface area contributed by atoms with Crippen molar-refractivity contribution in [3.63, 3.8) is 0 Å². The molecule has 2 aromatic rings. The van der Waals surface area contributed by atoms with E-state index in [0.29, 0.717) is 6.54 Å². The minimum atomic E-state index is -0.321. The first kappa shape index (κ1) is 18.1. The van der Waals surface area contributed by atoms with Crippen LogP contribution in [-0.4, -0.2) is 43.0 Å². The predicted octanol–water partition coefficient (Wildman–Crippen LogP) is 2.86. The zero-order valence-electron chi connectivity index (χ0n) is 15.0. The van der Waals surface area contributed by atoms with Crippen molar-refractivity contribution in [1.29, 1.82) is 0 Å². The highest BCUT2D eigenvalue weighted by molar-refractivity contribution is 5.95. The Morgan fingerprint density at radius 1 is 1.08 bits per heavy atom. The molecule has 1 atom stereocenters. The summed E-state index contributed by atoms with van der Waals surface area (Å²) in [6.07, 6.45) is 1.64. The van der Waals surface area contributed by atoms with E-state index in [1.165, 1.54) is 7.11 Å². The highest BCUT2D eigenvalue weighted by atomic mass is 16.5. The van der Waals surface area contributed by atoms with Crippen LogP contribution in [0.4, 0.5) is 5.69 Å². The molecule has 1 heterocycles. The van der Waals surface area contributed by atoms with Gasteiger partial charge in [0.05, 0.1) is 20.2 Å². The summed E-state index contributed by atoms with van der Waals surface area (Å²) in [5, 5.41) is 0. The van der Waals surface area contributed by atoms with Gasteiger partial charge >= 0.3 is 5.97 Å². The Balaban J connectivity index is 1.78. The van der Waals surface area contributed by atoms with Crippen molar-refractivity contribution in [2.75, 3.05) is 25.1 Å². The maximum Gasteiger partial charge on any atom is 0.323 e. The summed E-state index contributed by atoms with van der Waals surface area (Å²) in [5.41, 5.74) is 1.92. The molecule has 3 rings (SSSR count). The summed E-state index contributed by atoms with van der Waals surface area (Å²) in [5.74, 6) is -0.277. The van der Waals surface area contributed by atoms with Gasteiger partial charge in [-0.1, -0.05) is 48.5 Å². The summed E-state index contributed by atoms with van der Waals surface area (Å²) in [6.45, 7) is 1.45. The average molecular weight is 352 g/mol. The van der Waals surface area contributed by atoms with E-state index in [2.05, 4.69) is 0 Å². The van der Waals surface area contributed by atoms with Crippen molar-refractivity contribution < 1.29 is 14.3 Å². The molecule has 0 N–H and O–H groups in total. The molecule has 1 saturated heterocycles. The van der Waals surface area contributed by atoms with Crippen LogP contribution in [-0.2, 0) is 20.9 Å². The van der Waals surface area contributed by atoms with Crippen LogP contribution in [0.15, 0.2) is 60.7 Å². The molecule has 0 spiro atoms. The van der Waals surface area contributed by atoms with Gasteiger partial charge in [0.1, 0.15) is 6.04 Å². The fraction of sp³-hybridized carbons (Fsp3) is 0.333. The number of amides is 1. The molecule has 0 radical (unpaired) electrons. The van der Waals surface area contributed by atoms with Gasteiger partial charge in [0.25, 0.3) is 0 Å². The second-order valence-corrected chi connectivity index (χ2v) is 6.45. The SMILES string of the molecule is COC(=O)C1CCCN1CC(=O)N(Cc1ccccc1)c1ccccc1. The molecule has 1 aliphatic rings. The Bertz CT molecular complexity index is 733. The highest BCUT2D eigenvalue weighted by Crippen LogP contribution is 2.21. The molecule has 5 nitrogen and oxygen atoms in total. The number of likely N-dealkylation sites (tertiary alicyclic amines) is 1. The zero-order valence-corrected chi connectivity index (χ0v) is 15.0. The van der Waals surface area contributed by atoms with E-state index in [1.54, 1.807) is 4.90 Å². The van der Waals surface area contributed by atoms with Crippen LogP contribution in [0, 0.1) is 0 Å². The lowest BCUT2D eigenvalue weighted by molar-refractivity contribution is -0.146. The molecule has 0 aromatic heterocycles. The lowest BCUT2D eigenvalue weighted by Gasteiger charge is -2.27. The Morgan fingerprint density at radius 2 is 1.73 bits per heavy atom. The third-order valence-corrected chi connectivity index (χ3v) is 4.73. The topological polar surface area (TPSA) is 49.9 Å². The zero-order chi connectivity index (χ0) is 18.4. The Labute approximate surface area is 154 Å². The van der Waals surface area contributed by atoms with E-state index in [4.69, 9.17) is 4.74 Å². The van der Waals surface area contributed by atoms with Gasteiger partial charge in [-0.2, -0.15) is 0 Å². The van der Waals surface area contributed by atoms with Crippen molar-refractivity contribution >= 4 is 17.6 Å². The highest BCUT2D eigenvalue weighted by Gasteiger charge is 2.33. The summed E-state index contributed by atoms with van der Waals surface area (Å²) < 4.78 is 4.88. The van der Waals surface area contributed by atoms with Crippen LogP contribution in [0.2, 0.25) is 0 Å². The van der Waals surface area contributed by atoms with Crippen LogP contribution in [0.25, 0.3) is 0 Å². The van der Waals surface area contributed by atoms with Gasteiger partial charge in [0.15, 0.2) is 0 Å². The maximum absolute atomic E-state index is 13.1. The Kier molecular flexibility index (Phi) is 6.02. The van der Waals surface area contributed by atoms with Crippen LogP contribution in [0.5, 0.6) is 0 Å². The van der Waals surface area contributed by atoms with E-state index >= 15 is 0 Å². The number of nitrogens with zero attached hydrogens (tertiary/aromatic N) is 2. The number of ether oxygens (including phenoxy) is 1. The molecule has 0 bridgehead atoms. The predicted molar refractivity (Wildman–Crippen MR) is 101 cm³/mol. The summed E-state index contributed by atoms with van der Waals surface area (Å²) >= 11 is 0. The molecule has 26 heavy (non-hydrogen) atoms. The van der Waals surface area contributed by atoms with Crippen LogP contribution >= 0.6 is 0 Å². The number of anilines is 1. The first-order valence-corrected chi connectivity index (χ1v) is 8.90. The molecule has 1 aliphatic heterocycles. The Morgan fingerprint density at radius 3 is 2.38 bits per heavy atom. The monoisotopic (exact) mass is 352 g/mol. The van der Waals surface area contributed by atoms with E-state index in [0.717, 1.165) is 30.6 Å². The fourth-order valence-electron chi connectivity index (χ4n) is 3.37. The first-order valence-electron chi connectivity index (χ1n) is 8.90. The molecule has 1 unspecified atom stereocenters. The summed E-state index contributed by atoms with van der Waals surface area (Å²) in [6, 6.07) is 19.2. The third kappa shape index (κ3) is 4.29. The van der Waals surface area contributed by atoms with Crippen molar-refractivity contribution in [2.24, 2.45) is 0 Å². The smallest absolute Gasteiger partial charge is 0.323 e. The molecular weight excluding hydrogens is 328 g/mol. The minimum absolute atomic E-state index is 0.0177. The number of para-hydroxylation sites is 1. The number of carbonyl (C=O) groups is 2. The normalized spacial score (nSPS) is 17.0. The molecule has 0 aliphatic carbocycles. The van der Waals surface area contributed by atoms with Gasteiger partial charge in [0, 0.05) is 5.69 Å². The van der Waals surface area contributed by atoms with Crippen molar-refractivity contribution in [3.8, 4) is 0 Å². The van der Waals surface area contributed by atoms with Gasteiger partial charge in [0.2, 0.25) is 5.91 Å². The number of esters is 1. The van der Waals surface area contributed by atoms with Gasteiger partial charge < -0.3 is 9.64 Å². The maximum atomic E-state index is 13.1. The second-order valence-electron chi connectivity index (χ2n) is 6.45. The molecule has 1 fully saturated rings. The quantitative estimate of drug-likeness (QED) is 0.750. The van der Waals surface area contributed by atoms with Gasteiger partial charge in [-0.25, -0.2) is 0 Å². The van der Waals surface area contributed by atoms with Gasteiger partial charge in [-0.05, 0) is 37.1 Å². The Hall–Kier alpha value is -2.66. The molecule has 1 amide bonds. The lowest BCUT2D eigenvalue weighted by atomic mass is 10.2. The number of rotatable bonds is 6. The number of carbonyl (C=O) groups excluding carboxylic acids is 2. The van der Waals surface area contributed by atoms with Crippen molar-refractivity contribution in [3.05, 3.63) is 66.2 Å². The fourth-order valence-corrected chi connectivity index (χ4v) is 3.37. The van der Waals surface area contributed by atoms with Gasteiger partial charge in [-0.15, -0.1) is 0 Å². The average Bonchev–Trinajstić information content (AvgIpc) is 3.15. The molecule has 0 saturated carbocycles. The summed E-state index contributed by atoms with van der Waals surface area (Å²) in [7, 11) is 1.40. The lowest BCUT2D eigenvalue weighted by Crippen LogP contribution is -2.45. The summed E-state index contributed by atoms with van der Waals surface area (Å²) in [4.78, 5) is 28.7. The standard InChI is InChI=1S/C21H24N2O3/c1-26-21(25)19-13-8-14-22(19)16-20(24)23(18-11-6-3-7-12-18)15-17-9-4-2-5-10-17/h2-7,9-12,19H,8,13-16H2,1H3. The van der Waals surface area contributed by atoms with E-state index in [-0.39, 0.29) is 24.5 Å². The van der Waals surface area contributed by atoms with Gasteiger partial charge in [-0.3, -0.25) is 14.5 Å². The molecule has 5 heteroatoms. The van der Waals surface area contributed by atoms with Crippen molar-refractivity contribution in [1.82, 2.24) is 4.90 Å². The first-order chi connectivity index (χ1) is 12.7. The third-order valence-electron chi connectivity index (χ3n) is 4.73. The second kappa shape index (κ2) is 8.63. The van der Waals surface area contributed by atoms with E-state index in [9.17, 15) is 9.59 Å². The largest absolute Gasteiger partial charge is 0.468 e. The van der Waals surface area contributed by atoms with Crippen LogP contribution < -0.4 is 4.90 Å². The minimum Gasteiger partial charge on any atom is -0.468 e. The number of methoxy groups -OCH3 is 1. The molecular formula is C21H24N2O3. The molecule has 136 valence electrons. The molecule has 2 aromatic carbocycles. The number of hydrogen-bond donors (Lipinski definition) is 0. The van der Waals surface area contributed by atoms with E-state index < -0.39 is 0 Å². The number of benzene rings is 2. The van der Waals surface area contributed by atoms with Crippen LogP contribution in [0.3, 0.4) is 0 Å².